The largest absolute Gasteiger partial charge is 0.508 e. The summed E-state index contributed by atoms with van der Waals surface area (Å²) in [6.45, 7) is 9.05. The second-order valence-electron chi connectivity index (χ2n) is 11.5. The minimum Gasteiger partial charge on any atom is -0.508 e. The smallest absolute Gasteiger partial charge is 0.309 e. The summed E-state index contributed by atoms with van der Waals surface area (Å²) < 4.78 is 11.9. The quantitative estimate of drug-likeness (QED) is 0.418. The van der Waals surface area contributed by atoms with Gasteiger partial charge in [0.05, 0.1) is 11.5 Å². The van der Waals surface area contributed by atoms with Gasteiger partial charge in [-0.25, -0.2) is 0 Å². The number of amides is 1. The minimum absolute atomic E-state index is 0.129. The molecule has 1 aromatic heterocycles. The van der Waals surface area contributed by atoms with Crippen molar-refractivity contribution >= 4 is 22.8 Å². The van der Waals surface area contributed by atoms with Gasteiger partial charge in [0, 0.05) is 36.1 Å². The number of rotatable bonds is 5. The summed E-state index contributed by atoms with van der Waals surface area (Å²) in [7, 11) is 0. The van der Waals surface area contributed by atoms with Crippen molar-refractivity contribution in [2.45, 2.75) is 65.0 Å². The molecule has 202 valence electrons. The molecular formula is C31H38N2O5. The predicted octanol–water partition coefficient (Wildman–Crippen LogP) is 5.99. The normalized spacial score (nSPS) is 17.6. The van der Waals surface area contributed by atoms with Gasteiger partial charge in [-0.3, -0.25) is 14.5 Å². The number of phenols is 1. The Labute approximate surface area is 224 Å². The lowest BCUT2D eigenvalue weighted by molar-refractivity contribution is -0.161. The molecule has 1 N–H and O–H groups in total. The van der Waals surface area contributed by atoms with Crippen LogP contribution in [-0.2, 0) is 16.1 Å². The molecule has 38 heavy (non-hydrogen) atoms. The van der Waals surface area contributed by atoms with Crippen LogP contribution in [-0.4, -0.2) is 58.6 Å². The number of benzene rings is 2. The first kappa shape index (κ1) is 26.3. The highest BCUT2D eigenvalue weighted by molar-refractivity contribution is 6.12. The van der Waals surface area contributed by atoms with E-state index in [0.29, 0.717) is 54.8 Å². The number of fused-ring (bicyclic) bond motifs is 1. The molecule has 2 aromatic carbocycles. The van der Waals surface area contributed by atoms with Gasteiger partial charge in [0.15, 0.2) is 0 Å². The Balaban J connectivity index is 1.50. The van der Waals surface area contributed by atoms with Crippen molar-refractivity contribution in [3.05, 3.63) is 53.6 Å². The Morgan fingerprint density at radius 1 is 0.974 bits per heavy atom. The van der Waals surface area contributed by atoms with Crippen LogP contribution in [0.3, 0.4) is 0 Å². The number of phenolic OH excluding ortho intramolecular Hbond substituents is 1. The highest BCUT2D eigenvalue weighted by atomic mass is 16.6. The zero-order valence-electron chi connectivity index (χ0n) is 22.7. The molecule has 0 bridgehead atoms. The van der Waals surface area contributed by atoms with Gasteiger partial charge in [0.1, 0.15) is 22.7 Å². The second-order valence-corrected chi connectivity index (χ2v) is 11.5. The van der Waals surface area contributed by atoms with E-state index < -0.39 is 5.60 Å². The lowest BCUT2D eigenvalue weighted by Gasteiger charge is -2.32. The summed E-state index contributed by atoms with van der Waals surface area (Å²) in [5.74, 6) is 0.158. The molecule has 0 atom stereocenters. The first-order valence-corrected chi connectivity index (χ1v) is 13.8. The SMILES string of the molecule is CC(C)(C)OC(=O)C1CCN(C(=O)c2c(-c3ccccc3)oc3ccc(O)c(CN4CCCCC4)c23)CC1. The Morgan fingerprint density at radius 2 is 1.66 bits per heavy atom. The molecule has 3 heterocycles. The molecular weight excluding hydrogens is 480 g/mol. The van der Waals surface area contributed by atoms with Crippen LogP contribution in [0, 0.1) is 5.92 Å². The molecule has 2 saturated heterocycles. The van der Waals surface area contributed by atoms with Gasteiger partial charge < -0.3 is 19.2 Å². The lowest BCUT2D eigenvalue weighted by Crippen LogP contribution is -2.41. The number of aromatic hydroxyl groups is 1. The maximum Gasteiger partial charge on any atom is 0.309 e. The summed E-state index contributed by atoms with van der Waals surface area (Å²) in [4.78, 5) is 31.0. The van der Waals surface area contributed by atoms with Crippen LogP contribution < -0.4 is 0 Å². The number of piperidine rings is 2. The fraction of sp³-hybridized carbons (Fsp3) is 0.484. The molecule has 2 aliphatic rings. The Hall–Kier alpha value is -3.32. The summed E-state index contributed by atoms with van der Waals surface area (Å²) in [6, 6.07) is 13.1. The summed E-state index contributed by atoms with van der Waals surface area (Å²) >= 11 is 0. The molecule has 5 rings (SSSR count). The summed E-state index contributed by atoms with van der Waals surface area (Å²) in [5.41, 5.74) is 2.11. The molecule has 0 unspecified atom stereocenters. The van der Waals surface area contributed by atoms with E-state index in [-0.39, 0.29) is 23.5 Å². The number of likely N-dealkylation sites (tertiary alicyclic amines) is 2. The third-order valence-corrected chi connectivity index (χ3v) is 7.54. The third kappa shape index (κ3) is 5.58. The standard InChI is InChI=1S/C31H38N2O5/c1-31(2,3)38-30(36)22-14-18-33(19-15-22)29(35)27-26-23(20-32-16-8-5-9-17-32)24(34)12-13-25(26)37-28(27)21-10-6-4-7-11-21/h4,6-7,10-13,22,34H,5,8-9,14-20H2,1-3H3. The Bertz CT molecular complexity index is 1290. The van der Waals surface area contributed by atoms with Crippen LogP contribution >= 0.6 is 0 Å². The molecule has 2 aliphatic heterocycles. The van der Waals surface area contributed by atoms with Crippen molar-refractivity contribution in [3.8, 4) is 17.1 Å². The first-order valence-electron chi connectivity index (χ1n) is 13.8. The van der Waals surface area contributed by atoms with E-state index in [1.54, 1.807) is 12.1 Å². The minimum atomic E-state index is -0.531. The number of esters is 1. The lowest BCUT2D eigenvalue weighted by atomic mass is 9.94. The van der Waals surface area contributed by atoms with E-state index in [2.05, 4.69) is 4.90 Å². The molecule has 7 nitrogen and oxygen atoms in total. The zero-order chi connectivity index (χ0) is 26.9. The van der Waals surface area contributed by atoms with E-state index in [0.717, 1.165) is 37.1 Å². The topological polar surface area (TPSA) is 83.2 Å². The molecule has 1 amide bonds. The van der Waals surface area contributed by atoms with Gasteiger partial charge in [-0.2, -0.15) is 0 Å². The fourth-order valence-electron chi connectivity index (χ4n) is 5.61. The summed E-state index contributed by atoms with van der Waals surface area (Å²) in [5, 5.41) is 11.7. The molecule has 0 aliphatic carbocycles. The number of hydrogen-bond acceptors (Lipinski definition) is 6. The van der Waals surface area contributed by atoms with Crippen LogP contribution in [0.2, 0.25) is 0 Å². The average Bonchev–Trinajstić information content (AvgIpc) is 3.30. The summed E-state index contributed by atoms with van der Waals surface area (Å²) in [6.07, 6.45) is 4.61. The van der Waals surface area contributed by atoms with Crippen LogP contribution in [0.4, 0.5) is 0 Å². The van der Waals surface area contributed by atoms with Crippen LogP contribution in [0.25, 0.3) is 22.3 Å². The number of carbonyl (C=O) groups is 2. The van der Waals surface area contributed by atoms with Crippen molar-refractivity contribution in [2.75, 3.05) is 26.2 Å². The van der Waals surface area contributed by atoms with Crippen LogP contribution in [0.1, 0.15) is 68.8 Å². The fourth-order valence-corrected chi connectivity index (χ4v) is 5.61. The van der Waals surface area contributed by atoms with Gasteiger partial charge in [0.25, 0.3) is 5.91 Å². The van der Waals surface area contributed by atoms with Gasteiger partial charge in [-0.15, -0.1) is 0 Å². The highest BCUT2D eigenvalue weighted by Gasteiger charge is 2.34. The second kappa shape index (κ2) is 10.8. The number of furan rings is 1. The van der Waals surface area contributed by atoms with Crippen LogP contribution in [0.15, 0.2) is 46.9 Å². The van der Waals surface area contributed by atoms with Gasteiger partial charge >= 0.3 is 5.97 Å². The van der Waals surface area contributed by atoms with Crippen LogP contribution in [0.5, 0.6) is 5.75 Å². The maximum absolute atomic E-state index is 14.2. The van der Waals surface area contributed by atoms with Gasteiger partial charge in [-0.1, -0.05) is 36.8 Å². The van der Waals surface area contributed by atoms with E-state index >= 15 is 0 Å². The molecule has 2 fully saturated rings. The molecule has 0 spiro atoms. The van der Waals surface area contributed by atoms with Crippen molar-refractivity contribution in [1.82, 2.24) is 9.80 Å². The van der Waals surface area contributed by atoms with Crippen molar-refractivity contribution in [2.24, 2.45) is 5.92 Å². The Kier molecular flexibility index (Phi) is 7.48. The molecule has 3 aromatic rings. The van der Waals surface area contributed by atoms with Crippen molar-refractivity contribution < 1.29 is 23.8 Å². The first-order chi connectivity index (χ1) is 18.2. The Morgan fingerprint density at radius 3 is 2.32 bits per heavy atom. The van der Waals surface area contributed by atoms with Crippen molar-refractivity contribution in [1.29, 1.82) is 0 Å². The number of ether oxygens (including phenoxy) is 1. The molecule has 0 saturated carbocycles. The van der Waals surface area contributed by atoms with Gasteiger partial charge in [0.2, 0.25) is 0 Å². The van der Waals surface area contributed by atoms with E-state index in [1.165, 1.54) is 6.42 Å². The average molecular weight is 519 g/mol. The van der Waals surface area contributed by atoms with E-state index in [9.17, 15) is 14.7 Å². The monoisotopic (exact) mass is 518 g/mol. The van der Waals surface area contributed by atoms with E-state index in [1.807, 2.05) is 56.0 Å². The third-order valence-electron chi connectivity index (χ3n) is 7.54. The number of hydrogen-bond donors (Lipinski definition) is 1. The van der Waals surface area contributed by atoms with Crippen molar-refractivity contribution in [3.63, 3.8) is 0 Å². The number of nitrogens with zero attached hydrogens (tertiary/aromatic N) is 2. The van der Waals surface area contributed by atoms with E-state index in [4.69, 9.17) is 9.15 Å². The zero-order valence-corrected chi connectivity index (χ0v) is 22.7. The maximum atomic E-state index is 14.2. The number of carbonyl (C=O) groups excluding carboxylic acids is 2. The molecule has 7 heteroatoms. The highest BCUT2D eigenvalue weighted by Crippen LogP contribution is 2.40. The van der Waals surface area contributed by atoms with Gasteiger partial charge in [-0.05, 0) is 71.7 Å². The molecule has 0 radical (unpaired) electrons. The predicted molar refractivity (Wildman–Crippen MR) is 147 cm³/mol.